The van der Waals surface area contributed by atoms with E-state index >= 15 is 0 Å². The summed E-state index contributed by atoms with van der Waals surface area (Å²) in [5.41, 5.74) is -5.26. The van der Waals surface area contributed by atoms with Gasteiger partial charge in [-0.1, -0.05) is 19.9 Å². The van der Waals surface area contributed by atoms with Crippen LogP contribution in [0, 0.1) is 21.7 Å². The van der Waals surface area contributed by atoms with Crippen LogP contribution in [0.2, 0.25) is 0 Å². The monoisotopic (exact) mass is 1010 g/mol. The van der Waals surface area contributed by atoms with Gasteiger partial charge >= 0.3 is 29.8 Å². The molecule has 71 heavy (non-hydrogen) atoms. The van der Waals surface area contributed by atoms with Crippen LogP contribution in [0.5, 0.6) is 17.4 Å². The Labute approximate surface area is 424 Å². The zero-order valence-corrected chi connectivity index (χ0v) is 43.5. The van der Waals surface area contributed by atoms with Crippen molar-refractivity contribution in [2.24, 2.45) is 21.7 Å². The number of carbonyl (C=O) groups excluding carboxylic acids is 5. The summed E-state index contributed by atoms with van der Waals surface area (Å²) in [4.78, 5) is 79.6. The van der Waals surface area contributed by atoms with Crippen LogP contribution >= 0.6 is 0 Å². The average molecular weight is 1010 g/mol. The number of hydrogen-bond donors (Lipinski definition) is 3. The molecule has 3 heterocycles. The third kappa shape index (κ3) is 16.6. The summed E-state index contributed by atoms with van der Waals surface area (Å²) in [5, 5.41) is 19.5. The Morgan fingerprint density at radius 1 is 0.803 bits per heavy atom. The minimum Gasteiger partial charge on any atom is -0.493 e. The van der Waals surface area contributed by atoms with Crippen LogP contribution in [-0.4, -0.2) is 120 Å². The van der Waals surface area contributed by atoms with E-state index in [0.717, 1.165) is 0 Å². The van der Waals surface area contributed by atoms with Gasteiger partial charge in [-0.25, -0.2) is 4.79 Å². The molecular weight excluding hydrogens is 923 g/mol. The Hall–Kier alpha value is -5.43. The second-order valence-corrected chi connectivity index (χ2v) is 21.8. The number of amides is 1. The minimum absolute atomic E-state index is 0.0205. The maximum Gasteiger partial charge on any atom is 0.328 e. The number of hydrogen-bond acceptors (Lipinski definition) is 16. The molecule has 0 bridgehead atoms. The highest BCUT2D eigenvalue weighted by atomic mass is 16.7. The molecule has 2 aliphatic heterocycles. The number of esters is 4. The number of carbonyl (C=O) groups is 6. The summed E-state index contributed by atoms with van der Waals surface area (Å²) >= 11 is 0. The number of carboxylic acid groups (broad SMARTS) is 1. The highest BCUT2D eigenvalue weighted by Gasteiger charge is 2.56. The van der Waals surface area contributed by atoms with Gasteiger partial charge in [0.05, 0.1) is 41.5 Å². The van der Waals surface area contributed by atoms with Crippen molar-refractivity contribution in [3.05, 3.63) is 35.0 Å². The van der Waals surface area contributed by atoms with E-state index < -0.39 is 121 Å². The number of benzene rings is 1. The summed E-state index contributed by atoms with van der Waals surface area (Å²) in [7, 11) is 0. The molecule has 19 heteroatoms. The van der Waals surface area contributed by atoms with Crippen LogP contribution < -0.4 is 19.5 Å². The maximum absolute atomic E-state index is 14.1. The number of aromatic amines is 1. The Kier molecular flexibility index (Phi) is 17.1. The van der Waals surface area contributed by atoms with Gasteiger partial charge in [-0.3, -0.25) is 29.1 Å². The van der Waals surface area contributed by atoms with Crippen LogP contribution in [0.3, 0.4) is 0 Å². The van der Waals surface area contributed by atoms with E-state index in [1.807, 2.05) is 13.8 Å². The van der Waals surface area contributed by atoms with E-state index in [1.165, 1.54) is 69.2 Å². The fraction of sp³-hybridized carbons (Fsp3) is 0.712. The van der Waals surface area contributed by atoms with Crippen molar-refractivity contribution in [1.29, 1.82) is 0 Å². The lowest BCUT2D eigenvalue weighted by Gasteiger charge is -2.45. The molecule has 0 saturated carbocycles. The molecule has 2 aliphatic rings. The Morgan fingerprint density at radius 2 is 1.37 bits per heavy atom. The number of rotatable bonds is 19. The predicted octanol–water partition coefficient (Wildman–Crippen LogP) is 7.39. The number of H-pyrrole nitrogens is 1. The third-order valence-electron chi connectivity index (χ3n) is 11.2. The van der Waals surface area contributed by atoms with Crippen molar-refractivity contribution in [3.8, 4) is 17.4 Å². The first-order valence-corrected chi connectivity index (χ1v) is 23.8. The molecule has 2 saturated heterocycles. The summed E-state index contributed by atoms with van der Waals surface area (Å²) in [6.45, 7) is 17.2. The zero-order chi connectivity index (χ0) is 56.3. The van der Waals surface area contributed by atoms with Crippen LogP contribution in [0.4, 0.5) is 0 Å². The number of aliphatic carboxylic acids is 1. The van der Waals surface area contributed by atoms with Crippen molar-refractivity contribution >= 4 is 35.8 Å². The molecule has 0 aliphatic carbocycles. The standard InChI is InChI=1S/C52H79N3O16/c1-29(2)37-33(26-30-19-20-32(27-34(30)66-31-21-24-63-25-22-31)64-23-17-18-36(56)53-52(15,16)43(57)58)41(55-54-37)71-42-40(70-47(62)51(12,13)14)39(69-46(61)50(9,10)11)38(68-45(60)49(6,7)8)35(67-42)28-65-44(59)48(3,4)5/h19-20,27,29,31,35,38-40,42H,17-18,21-26,28H2,1-16H3,(H,53,56)(H,54,55)(H,57,58)/t35-,38-,39+,40-,42?/m1/s1/i3D,6D,9D,12D. The van der Waals surface area contributed by atoms with E-state index in [0.29, 0.717) is 54.4 Å². The lowest BCUT2D eigenvalue weighted by molar-refractivity contribution is -0.294. The third-order valence-corrected chi connectivity index (χ3v) is 11.2. The largest absolute Gasteiger partial charge is 0.493 e. The fourth-order valence-electron chi connectivity index (χ4n) is 6.86. The molecule has 398 valence electrons. The second-order valence-electron chi connectivity index (χ2n) is 21.8. The molecular formula is C52H79N3O16. The number of nitrogens with zero attached hydrogens (tertiary/aromatic N) is 1. The van der Waals surface area contributed by atoms with Crippen molar-refractivity contribution in [1.82, 2.24) is 15.5 Å². The molecule has 1 amide bonds. The molecule has 0 spiro atoms. The molecule has 2 aromatic rings. The van der Waals surface area contributed by atoms with Crippen molar-refractivity contribution in [3.63, 3.8) is 0 Å². The van der Waals surface area contributed by atoms with Gasteiger partial charge in [0, 0.05) is 48.5 Å². The molecule has 1 unspecified atom stereocenters. The van der Waals surface area contributed by atoms with Gasteiger partial charge in [0.15, 0.2) is 12.2 Å². The normalized spacial score (nSPS) is 21.1. The molecule has 1 aromatic carbocycles. The quantitative estimate of drug-likeness (QED) is 0.0705. The van der Waals surface area contributed by atoms with Crippen molar-refractivity contribution in [2.75, 3.05) is 26.4 Å². The fourth-order valence-corrected chi connectivity index (χ4v) is 6.86. The van der Waals surface area contributed by atoms with Crippen molar-refractivity contribution < 1.29 is 82.0 Å². The van der Waals surface area contributed by atoms with E-state index in [1.54, 1.807) is 18.2 Å². The predicted molar refractivity (Wildman–Crippen MR) is 259 cm³/mol. The summed E-state index contributed by atoms with van der Waals surface area (Å²) in [6, 6.07) is 5.27. The van der Waals surface area contributed by atoms with E-state index in [4.69, 9.17) is 48.1 Å². The average Bonchev–Trinajstić information content (AvgIpc) is 3.75. The van der Waals surface area contributed by atoms with Gasteiger partial charge in [-0.2, -0.15) is 0 Å². The lowest BCUT2D eigenvalue weighted by atomic mass is 9.93. The number of nitrogens with one attached hydrogen (secondary N) is 2. The Balaban J connectivity index is 1.85. The first-order chi connectivity index (χ1) is 34.9. The van der Waals surface area contributed by atoms with Crippen LogP contribution in [0.15, 0.2) is 18.2 Å². The minimum atomic E-state index is -1.78. The second kappa shape index (κ2) is 23.4. The highest BCUT2D eigenvalue weighted by molar-refractivity contribution is 5.86. The molecule has 19 nitrogen and oxygen atoms in total. The van der Waals surface area contributed by atoms with Crippen LogP contribution in [-0.2, 0) is 63.6 Å². The van der Waals surface area contributed by atoms with Crippen molar-refractivity contribution in [2.45, 2.75) is 191 Å². The smallest absolute Gasteiger partial charge is 0.328 e. The molecule has 3 N–H and O–H groups in total. The van der Waals surface area contributed by atoms with Gasteiger partial charge in [0.2, 0.25) is 24.2 Å². The van der Waals surface area contributed by atoms with Gasteiger partial charge in [-0.15, -0.1) is 5.10 Å². The number of aromatic nitrogens is 2. The zero-order valence-electron chi connectivity index (χ0n) is 47.5. The Bertz CT molecular complexity index is 2300. The van der Waals surface area contributed by atoms with Crippen LogP contribution in [0.25, 0.3) is 0 Å². The molecule has 1 aromatic heterocycles. The molecule has 4 rings (SSSR count). The summed E-state index contributed by atoms with van der Waals surface area (Å²) in [6.07, 6.45) is -7.14. The molecule has 5 atom stereocenters. The van der Waals surface area contributed by atoms with Gasteiger partial charge in [-0.05, 0) is 121 Å². The molecule has 2 fully saturated rings. The highest BCUT2D eigenvalue weighted by Crippen LogP contribution is 2.39. The molecule has 0 radical (unpaired) electrons. The summed E-state index contributed by atoms with van der Waals surface area (Å²) < 4.78 is 88.0. The van der Waals surface area contributed by atoms with E-state index in [9.17, 15) is 33.9 Å². The van der Waals surface area contributed by atoms with Gasteiger partial charge in [0.1, 0.15) is 35.9 Å². The SMILES string of the molecule is [2H]CC(C)(C)C(=O)OC[C@H]1OC(Oc2n[nH]c(C(C)C)c2Cc2ccc(OCCCC(=O)NC(C)(C)C(=O)O)cc2OC2CCOCC2)[C@H](OC(=O)C(C)(C)C[2H])[C@@H](OC(=O)C(C)(C)C[2H])[C@@H]1OC(=O)C(C)(C)C[2H]. The van der Waals surface area contributed by atoms with E-state index in [2.05, 4.69) is 15.5 Å². The number of ether oxygens (including phenoxy) is 9. The lowest BCUT2D eigenvalue weighted by Crippen LogP contribution is -2.65. The number of carboxylic acids is 1. The van der Waals surface area contributed by atoms with Gasteiger partial charge < -0.3 is 53.1 Å². The first-order valence-electron chi connectivity index (χ1n) is 26.7. The van der Waals surface area contributed by atoms with E-state index in [-0.39, 0.29) is 50.7 Å². The van der Waals surface area contributed by atoms with Crippen LogP contribution in [0.1, 0.15) is 165 Å². The topological polar surface area (TPSA) is 246 Å². The van der Waals surface area contributed by atoms with Gasteiger partial charge in [0.25, 0.3) is 0 Å². The first kappa shape index (κ1) is 51.9. The summed E-state index contributed by atoms with van der Waals surface area (Å²) in [5.74, 6) is -4.58. The maximum atomic E-state index is 14.1. The Morgan fingerprint density at radius 3 is 1.93 bits per heavy atom.